The molecule has 0 saturated heterocycles. The van der Waals surface area contributed by atoms with Crippen LogP contribution in [0.1, 0.15) is 11.3 Å². The topological polar surface area (TPSA) is 84.6 Å². The first kappa shape index (κ1) is 14.9. The van der Waals surface area contributed by atoms with Crippen LogP contribution in [-0.4, -0.2) is 23.2 Å². The summed E-state index contributed by atoms with van der Waals surface area (Å²) in [4.78, 5) is 27.1. The molecule has 1 aromatic heterocycles. The maximum Gasteiger partial charge on any atom is 0.262 e. The molecule has 0 fully saturated rings. The Kier molecular flexibility index (Phi) is 4.14. The molecule has 0 bridgehead atoms. The Labute approximate surface area is 132 Å². The fraction of sp³-hybridized carbons (Fsp3) is 0.176. The third-order valence-corrected chi connectivity index (χ3v) is 3.48. The van der Waals surface area contributed by atoms with E-state index in [1.54, 1.807) is 12.1 Å². The van der Waals surface area contributed by atoms with Crippen molar-refractivity contribution in [2.45, 2.75) is 13.5 Å². The number of rotatable bonds is 4. The third-order valence-electron chi connectivity index (χ3n) is 3.48. The Morgan fingerprint density at radius 1 is 1.30 bits per heavy atom. The van der Waals surface area contributed by atoms with E-state index in [2.05, 4.69) is 15.5 Å². The lowest BCUT2D eigenvalue weighted by Crippen LogP contribution is -2.34. The molecule has 23 heavy (non-hydrogen) atoms. The number of dihydropyridines is 1. The zero-order valence-electron chi connectivity index (χ0n) is 12.5. The van der Waals surface area contributed by atoms with Crippen LogP contribution in [0.25, 0.3) is 11.3 Å². The van der Waals surface area contributed by atoms with Gasteiger partial charge in [0, 0.05) is 17.8 Å². The second-order valence-corrected chi connectivity index (χ2v) is 5.25. The minimum absolute atomic E-state index is 0.190. The molecule has 3 rings (SSSR count). The quantitative estimate of drug-likeness (QED) is 0.876. The van der Waals surface area contributed by atoms with Crippen LogP contribution in [0.3, 0.4) is 0 Å². The first-order chi connectivity index (χ1) is 11.1. The summed E-state index contributed by atoms with van der Waals surface area (Å²) < 4.78 is 5.28. The molecule has 0 aliphatic carbocycles. The van der Waals surface area contributed by atoms with Crippen molar-refractivity contribution in [3.8, 4) is 11.3 Å². The summed E-state index contributed by atoms with van der Waals surface area (Å²) in [5, 5.41) is 6.59. The van der Waals surface area contributed by atoms with Crippen molar-refractivity contribution in [1.29, 1.82) is 0 Å². The number of aromatic nitrogens is 1. The van der Waals surface area contributed by atoms with Gasteiger partial charge in [0.25, 0.3) is 5.91 Å². The van der Waals surface area contributed by atoms with Gasteiger partial charge in [0.15, 0.2) is 5.76 Å². The first-order valence-corrected chi connectivity index (χ1v) is 7.18. The zero-order valence-corrected chi connectivity index (χ0v) is 12.5. The van der Waals surface area contributed by atoms with Crippen LogP contribution in [0, 0.1) is 12.8 Å². The molecule has 1 N–H and O–H groups in total. The van der Waals surface area contributed by atoms with E-state index in [0.717, 1.165) is 11.1 Å². The van der Waals surface area contributed by atoms with Crippen molar-refractivity contribution in [2.75, 3.05) is 0 Å². The van der Waals surface area contributed by atoms with Gasteiger partial charge < -0.3 is 9.84 Å². The van der Waals surface area contributed by atoms with Gasteiger partial charge in [-0.1, -0.05) is 41.1 Å². The van der Waals surface area contributed by atoms with E-state index in [9.17, 15) is 9.59 Å². The van der Waals surface area contributed by atoms with Crippen molar-refractivity contribution in [1.82, 2.24) is 10.5 Å². The molecule has 2 heterocycles. The highest BCUT2D eigenvalue weighted by atomic mass is 16.5. The highest BCUT2D eigenvalue weighted by Gasteiger charge is 2.24. The monoisotopic (exact) mass is 309 g/mol. The summed E-state index contributed by atoms with van der Waals surface area (Å²) >= 11 is 0. The third kappa shape index (κ3) is 3.42. The Bertz CT molecular complexity index is 788. The number of nitrogens with one attached hydrogen (secondary N) is 1. The number of amides is 2. The molecular weight excluding hydrogens is 294 g/mol. The number of allylic oxidation sites excluding steroid dienone is 1. The van der Waals surface area contributed by atoms with Gasteiger partial charge in [0.2, 0.25) is 5.91 Å². The van der Waals surface area contributed by atoms with Crippen LogP contribution in [0.4, 0.5) is 0 Å². The number of aryl methyl sites for hydroxylation is 1. The van der Waals surface area contributed by atoms with E-state index in [1.165, 1.54) is 12.3 Å². The summed E-state index contributed by atoms with van der Waals surface area (Å²) in [7, 11) is 0. The van der Waals surface area contributed by atoms with Crippen molar-refractivity contribution in [3.05, 3.63) is 53.7 Å². The lowest BCUT2D eigenvalue weighted by molar-refractivity contribution is -0.131. The van der Waals surface area contributed by atoms with E-state index in [-0.39, 0.29) is 6.54 Å². The molecule has 1 aliphatic rings. The Hall–Kier alpha value is -3.02. The SMILES string of the molecule is Cc1ccc(-c2cc(CNC(=O)C3C=CC=NC3=O)no2)cc1. The number of hydrogen-bond acceptors (Lipinski definition) is 4. The van der Waals surface area contributed by atoms with Crippen LogP contribution in [0.2, 0.25) is 0 Å². The number of nitrogens with zero attached hydrogens (tertiary/aromatic N) is 2. The maximum atomic E-state index is 12.0. The fourth-order valence-corrected chi connectivity index (χ4v) is 2.18. The number of aliphatic imine (C=N–C) groups is 1. The van der Waals surface area contributed by atoms with Gasteiger partial charge >= 0.3 is 0 Å². The van der Waals surface area contributed by atoms with Gasteiger partial charge in [-0.15, -0.1) is 0 Å². The second-order valence-electron chi connectivity index (χ2n) is 5.25. The summed E-state index contributed by atoms with van der Waals surface area (Å²) in [6.07, 6.45) is 4.47. The molecule has 6 heteroatoms. The largest absolute Gasteiger partial charge is 0.356 e. The molecule has 116 valence electrons. The number of benzene rings is 1. The minimum atomic E-state index is -0.872. The molecule has 2 aromatic rings. The molecule has 1 unspecified atom stereocenters. The summed E-state index contributed by atoms with van der Waals surface area (Å²) in [6.45, 7) is 2.20. The van der Waals surface area contributed by atoms with E-state index in [4.69, 9.17) is 4.52 Å². The Morgan fingerprint density at radius 3 is 2.83 bits per heavy atom. The Morgan fingerprint density at radius 2 is 2.09 bits per heavy atom. The van der Waals surface area contributed by atoms with E-state index >= 15 is 0 Å². The first-order valence-electron chi connectivity index (χ1n) is 7.18. The lowest BCUT2D eigenvalue weighted by atomic mass is 10.1. The Balaban J connectivity index is 1.62. The summed E-state index contributed by atoms with van der Waals surface area (Å²) in [6, 6.07) is 9.63. The van der Waals surface area contributed by atoms with Gasteiger partial charge in [-0.2, -0.15) is 0 Å². The van der Waals surface area contributed by atoms with Gasteiger partial charge in [0.1, 0.15) is 11.6 Å². The van der Waals surface area contributed by atoms with Crippen molar-refractivity contribution >= 4 is 18.0 Å². The standard InChI is InChI=1S/C17H15N3O3/c1-11-4-6-12(7-5-11)15-9-13(20-23-15)10-19-17(22)14-3-2-8-18-16(14)21/h2-9,14H,10H2,1H3,(H,19,22). The minimum Gasteiger partial charge on any atom is -0.356 e. The fourth-order valence-electron chi connectivity index (χ4n) is 2.18. The highest BCUT2D eigenvalue weighted by Crippen LogP contribution is 2.20. The van der Waals surface area contributed by atoms with Crippen LogP contribution >= 0.6 is 0 Å². The average molecular weight is 309 g/mol. The molecule has 1 aromatic carbocycles. The van der Waals surface area contributed by atoms with Crippen LogP contribution in [0.5, 0.6) is 0 Å². The van der Waals surface area contributed by atoms with Crippen LogP contribution < -0.4 is 5.32 Å². The zero-order chi connectivity index (χ0) is 16.2. The molecule has 1 atom stereocenters. The number of carbonyl (C=O) groups is 2. The second kappa shape index (κ2) is 6.39. The normalized spacial score (nSPS) is 16.6. The van der Waals surface area contributed by atoms with Gasteiger partial charge in [-0.25, -0.2) is 4.99 Å². The summed E-state index contributed by atoms with van der Waals surface area (Å²) in [5.74, 6) is -1.11. The van der Waals surface area contributed by atoms with Crippen molar-refractivity contribution in [3.63, 3.8) is 0 Å². The molecule has 0 radical (unpaired) electrons. The molecule has 1 aliphatic heterocycles. The van der Waals surface area contributed by atoms with E-state index in [0.29, 0.717) is 11.5 Å². The molecule has 6 nitrogen and oxygen atoms in total. The molecular formula is C17H15N3O3. The van der Waals surface area contributed by atoms with E-state index in [1.807, 2.05) is 31.2 Å². The van der Waals surface area contributed by atoms with Gasteiger partial charge in [-0.05, 0) is 13.0 Å². The predicted molar refractivity (Wildman–Crippen MR) is 84.7 cm³/mol. The van der Waals surface area contributed by atoms with Crippen molar-refractivity contribution in [2.24, 2.45) is 10.9 Å². The van der Waals surface area contributed by atoms with Gasteiger partial charge in [0.05, 0.1) is 6.54 Å². The average Bonchev–Trinajstić information content (AvgIpc) is 3.03. The summed E-state index contributed by atoms with van der Waals surface area (Å²) in [5.41, 5.74) is 2.67. The number of carbonyl (C=O) groups excluding carboxylic acids is 2. The molecule has 0 saturated carbocycles. The van der Waals surface area contributed by atoms with Crippen LogP contribution in [-0.2, 0) is 16.1 Å². The van der Waals surface area contributed by atoms with E-state index < -0.39 is 17.7 Å². The maximum absolute atomic E-state index is 12.0. The predicted octanol–water partition coefficient (Wildman–Crippen LogP) is 2.05. The lowest BCUT2D eigenvalue weighted by Gasteiger charge is -2.10. The van der Waals surface area contributed by atoms with Crippen LogP contribution in [0.15, 0.2) is 52.0 Å². The van der Waals surface area contributed by atoms with Gasteiger partial charge in [-0.3, -0.25) is 9.59 Å². The highest BCUT2D eigenvalue weighted by molar-refractivity contribution is 6.07. The molecule has 2 amide bonds. The van der Waals surface area contributed by atoms with Crippen molar-refractivity contribution < 1.29 is 14.1 Å². The molecule has 0 spiro atoms. The number of hydrogen-bond donors (Lipinski definition) is 1. The smallest absolute Gasteiger partial charge is 0.262 e.